The highest BCUT2D eigenvalue weighted by atomic mass is 24.3. The van der Waals surface area contributed by atoms with Crippen molar-refractivity contribution in [1.82, 2.24) is 16.0 Å². The number of hydrogen-bond donors (Lipinski definition) is 3. The molecule has 3 N–H and O–H groups in total. The Bertz CT molecular complexity index is 291. The summed E-state index contributed by atoms with van der Waals surface area (Å²) < 4.78 is 0. The molecule has 3 aliphatic rings. The minimum absolute atomic E-state index is 0. The first-order valence-corrected chi connectivity index (χ1v) is 7.48. The lowest BCUT2D eigenvalue weighted by Crippen LogP contribution is -2.21. The van der Waals surface area contributed by atoms with E-state index >= 15 is 0 Å². The first kappa shape index (κ1) is 20.2. The second kappa shape index (κ2) is 12.9. The summed E-state index contributed by atoms with van der Waals surface area (Å²) in [7, 11) is 0. The predicted octanol–water partition coefficient (Wildman–Crippen LogP) is -0.447. The molecule has 0 unspecified atom stereocenters. The zero-order chi connectivity index (χ0) is 14.6. The lowest BCUT2D eigenvalue weighted by atomic mass is 10.2. The lowest BCUT2D eigenvalue weighted by Gasteiger charge is -1.93. The quantitative estimate of drug-likeness (QED) is 0.530. The minimum Gasteiger partial charge on any atom is -0.356 e. The van der Waals surface area contributed by atoms with Crippen LogP contribution in [0.25, 0.3) is 0 Å². The molecule has 3 rings (SSSR count). The van der Waals surface area contributed by atoms with Gasteiger partial charge in [-0.25, -0.2) is 0 Å². The number of hydrogen-bond acceptors (Lipinski definition) is 3. The van der Waals surface area contributed by atoms with Crippen molar-refractivity contribution in [2.75, 3.05) is 19.6 Å². The third-order valence-electron chi connectivity index (χ3n) is 3.21. The number of carbonyl (C=O) groups excluding carboxylic acids is 3. The Hall–Kier alpha value is -0.824. The fraction of sp³-hybridized carbons (Fsp3) is 0.786. The first-order chi connectivity index (χ1) is 9.68. The summed E-state index contributed by atoms with van der Waals surface area (Å²) in [6.07, 6.45) is 7.70. The van der Waals surface area contributed by atoms with Crippen LogP contribution in [0.3, 0.4) is 0 Å². The van der Waals surface area contributed by atoms with Crippen LogP contribution in [0.2, 0.25) is 0 Å². The average Bonchev–Trinajstić information content (AvgIpc) is 3.03. The van der Waals surface area contributed by atoms with Gasteiger partial charge in [-0.05, 0) is 25.7 Å². The molecule has 0 atom stereocenters. The fourth-order valence-electron chi connectivity index (χ4n) is 2.03. The zero-order valence-corrected chi connectivity index (χ0v) is 12.0. The number of amides is 3. The maximum atomic E-state index is 10.6. The van der Waals surface area contributed by atoms with Crippen molar-refractivity contribution in [1.29, 1.82) is 0 Å². The van der Waals surface area contributed by atoms with Gasteiger partial charge in [0.15, 0.2) is 0 Å². The summed E-state index contributed by atoms with van der Waals surface area (Å²) in [5.41, 5.74) is 0. The van der Waals surface area contributed by atoms with Crippen molar-refractivity contribution in [3.8, 4) is 0 Å². The maximum absolute atomic E-state index is 10.6. The van der Waals surface area contributed by atoms with Crippen LogP contribution in [0.15, 0.2) is 0 Å². The van der Waals surface area contributed by atoms with Crippen LogP contribution >= 0.6 is 0 Å². The van der Waals surface area contributed by atoms with E-state index in [9.17, 15) is 14.4 Å². The molecule has 0 aliphatic carbocycles. The SMILES string of the molecule is O=C1CCCCCN1.O=C1CCCN1.O=C1CCCN1.[MgH2]. The van der Waals surface area contributed by atoms with Gasteiger partial charge < -0.3 is 16.0 Å². The Morgan fingerprint density at radius 3 is 1.29 bits per heavy atom. The molecule has 7 heteroatoms. The van der Waals surface area contributed by atoms with E-state index in [0.29, 0.717) is 0 Å². The van der Waals surface area contributed by atoms with Crippen LogP contribution in [-0.4, -0.2) is 60.4 Å². The summed E-state index contributed by atoms with van der Waals surface area (Å²) >= 11 is 0. The van der Waals surface area contributed by atoms with Gasteiger partial charge in [-0.2, -0.15) is 0 Å². The average molecular weight is 310 g/mol. The maximum Gasteiger partial charge on any atom is 0.316 e. The van der Waals surface area contributed by atoms with Crippen molar-refractivity contribution in [3.63, 3.8) is 0 Å². The van der Waals surface area contributed by atoms with Gasteiger partial charge in [0.05, 0.1) is 0 Å². The van der Waals surface area contributed by atoms with Crippen molar-refractivity contribution in [2.45, 2.75) is 51.4 Å². The molecular formula is C14H27MgN3O3. The minimum atomic E-state index is 0. The van der Waals surface area contributed by atoms with E-state index in [-0.39, 0.29) is 40.8 Å². The normalized spacial score (nSPS) is 20.3. The smallest absolute Gasteiger partial charge is 0.316 e. The monoisotopic (exact) mass is 309 g/mol. The van der Waals surface area contributed by atoms with E-state index < -0.39 is 0 Å². The predicted molar refractivity (Wildman–Crippen MR) is 84.5 cm³/mol. The van der Waals surface area contributed by atoms with Crippen LogP contribution in [0.1, 0.15) is 51.4 Å². The van der Waals surface area contributed by atoms with Gasteiger partial charge in [0.2, 0.25) is 17.7 Å². The largest absolute Gasteiger partial charge is 0.356 e. The Kier molecular flexibility index (Phi) is 12.4. The molecule has 3 aliphatic heterocycles. The fourth-order valence-corrected chi connectivity index (χ4v) is 2.03. The van der Waals surface area contributed by atoms with E-state index in [1.807, 2.05) is 0 Å². The summed E-state index contributed by atoms with van der Waals surface area (Å²) in [6.45, 7) is 2.66. The van der Waals surface area contributed by atoms with Gasteiger partial charge in [0.25, 0.3) is 0 Å². The Balaban J connectivity index is 0.000000283. The molecule has 0 aromatic heterocycles. The Morgan fingerprint density at radius 2 is 0.905 bits per heavy atom. The van der Waals surface area contributed by atoms with Gasteiger partial charge >= 0.3 is 23.1 Å². The molecule has 0 aromatic carbocycles. The molecule has 3 saturated heterocycles. The van der Waals surface area contributed by atoms with Crippen LogP contribution in [0.4, 0.5) is 0 Å². The Labute approximate surface area is 142 Å². The highest BCUT2D eigenvalue weighted by Crippen LogP contribution is 2.02. The van der Waals surface area contributed by atoms with E-state index in [0.717, 1.165) is 64.6 Å². The molecule has 0 saturated carbocycles. The van der Waals surface area contributed by atoms with Crippen LogP contribution in [0, 0.1) is 0 Å². The molecule has 0 spiro atoms. The molecule has 21 heavy (non-hydrogen) atoms. The summed E-state index contributed by atoms with van der Waals surface area (Å²) in [5.74, 6) is 0.632. The van der Waals surface area contributed by atoms with E-state index in [1.54, 1.807) is 0 Å². The van der Waals surface area contributed by atoms with Gasteiger partial charge in [0.1, 0.15) is 0 Å². The Morgan fingerprint density at radius 1 is 0.524 bits per heavy atom. The third kappa shape index (κ3) is 11.5. The van der Waals surface area contributed by atoms with Crippen molar-refractivity contribution < 1.29 is 14.4 Å². The second-order valence-corrected chi connectivity index (χ2v) is 5.07. The molecule has 0 bridgehead atoms. The lowest BCUT2D eigenvalue weighted by molar-refractivity contribution is -0.121. The van der Waals surface area contributed by atoms with Gasteiger partial charge in [0, 0.05) is 38.9 Å². The van der Waals surface area contributed by atoms with Gasteiger partial charge in [-0.15, -0.1) is 0 Å². The summed E-state index contributed by atoms with van der Waals surface area (Å²) in [6, 6.07) is 0. The molecule has 0 aromatic rings. The van der Waals surface area contributed by atoms with E-state index in [4.69, 9.17) is 0 Å². The molecule has 118 valence electrons. The molecule has 3 heterocycles. The van der Waals surface area contributed by atoms with E-state index in [2.05, 4.69) is 16.0 Å². The number of carbonyl (C=O) groups is 3. The number of nitrogens with one attached hydrogen (secondary N) is 3. The second-order valence-electron chi connectivity index (χ2n) is 5.07. The van der Waals surface area contributed by atoms with Gasteiger partial charge in [-0.3, -0.25) is 14.4 Å². The van der Waals surface area contributed by atoms with Crippen molar-refractivity contribution in [2.24, 2.45) is 0 Å². The van der Waals surface area contributed by atoms with E-state index in [1.165, 1.54) is 6.42 Å². The number of rotatable bonds is 0. The molecular weight excluding hydrogens is 282 g/mol. The molecule has 3 fully saturated rings. The first-order valence-electron chi connectivity index (χ1n) is 7.48. The topological polar surface area (TPSA) is 87.3 Å². The highest BCUT2D eigenvalue weighted by molar-refractivity contribution is 5.78. The van der Waals surface area contributed by atoms with Crippen molar-refractivity contribution >= 4 is 40.8 Å². The molecule has 6 nitrogen and oxygen atoms in total. The molecule has 0 radical (unpaired) electrons. The van der Waals surface area contributed by atoms with Gasteiger partial charge in [-0.1, -0.05) is 6.42 Å². The highest BCUT2D eigenvalue weighted by Gasteiger charge is 2.06. The third-order valence-corrected chi connectivity index (χ3v) is 3.21. The van der Waals surface area contributed by atoms with Crippen LogP contribution in [0.5, 0.6) is 0 Å². The van der Waals surface area contributed by atoms with Crippen LogP contribution in [-0.2, 0) is 14.4 Å². The van der Waals surface area contributed by atoms with Crippen LogP contribution < -0.4 is 16.0 Å². The zero-order valence-electron chi connectivity index (χ0n) is 12.0. The summed E-state index contributed by atoms with van der Waals surface area (Å²) in [4.78, 5) is 30.8. The van der Waals surface area contributed by atoms with Crippen molar-refractivity contribution in [3.05, 3.63) is 0 Å². The molecule has 3 amide bonds. The summed E-state index contributed by atoms with van der Waals surface area (Å²) in [5, 5.41) is 8.17. The standard InChI is InChI=1S/C6H11NO.2C4H7NO.Mg.2H/c8-6-4-2-1-3-5-7-6;2*6-4-2-1-3-5-4;;;/h1-5H2,(H,7,8);2*1-3H2,(H,5,6);;;.